The number of aliphatic hydroxyl groups excluding tert-OH is 1. The van der Waals surface area contributed by atoms with Gasteiger partial charge in [0.2, 0.25) is 15.2 Å². The molecule has 1 aromatic heterocycles. The second kappa shape index (κ2) is 10.8. The van der Waals surface area contributed by atoms with Crippen LogP contribution in [0.25, 0.3) is 0 Å². The van der Waals surface area contributed by atoms with E-state index < -0.39 is 16.1 Å². The van der Waals surface area contributed by atoms with E-state index >= 15 is 0 Å². The maximum atomic E-state index is 12.5. The first-order chi connectivity index (χ1) is 16.4. The number of unbranched alkanes of at least 4 members (excludes halogenated alkanes) is 1. The molecule has 10 heteroatoms. The second-order valence-electron chi connectivity index (χ2n) is 8.39. The number of aliphatic hydroxyl groups is 1. The number of para-hydroxylation sites is 1. The Kier molecular flexibility index (Phi) is 7.82. The van der Waals surface area contributed by atoms with Crippen molar-refractivity contribution in [1.82, 2.24) is 13.7 Å². The minimum Gasteiger partial charge on any atom is -0.457 e. The molecule has 34 heavy (non-hydrogen) atoms. The summed E-state index contributed by atoms with van der Waals surface area (Å²) in [6.45, 7) is 5.38. The third-order valence-corrected chi connectivity index (χ3v) is 8.53. The first-order valence-corrected chi connectivity index (χ1v) is 13.8. The molecule has 0 aliphatic carbocycles. The molecule has 2 atom stereocenters. The molecule has 8 nitrogen and oxygen atoms in total. The van der Waals surface area contributed by atoms with Crippen molar-refractivity contribution < 1.29 is 18.3 Å². The molecule has 2 heterocycles. The van der Waals surface area contributed by atoms with Gasteiger partial charge in [0.15, 0.2) is 5.82 Å². The Morgan fingerprint density at radius 3 is 2.50 bits per heavy atom. The van der Waals surface area contributed by atoms with Gasteiger partial charge in [-0.25, -0.2) is 13.4 Å². The van der Waals surface area contributed by atoms with E-state index in [4.69, 9.17) is 4.74 Å². The average molecular weight is 503 g/mol. The highest BCUT2D eigenvalue weighted by Gasteiger charge is 2.32. The van der Waals surface area contributed by atoms with Crippen molar-refractivity contribution in [3.63, 3.8) is 0 Å². The van der Waals surface area contributed by atoms with Crippen LogP contribution in [0.15, 0.2) is 54.6 Å². The lowest BCUT2D eigenvalue weighted by molar-refractivity contribution is 0.211. The molecule has 182 valence electrons. The molecule has 1 aliphatic rings. The van der Waals surface area contributed by atoms with E-state index in [0.29, 0.717) is 48.3 Å². The van der Waals surface area contributed by atoms with Gasteiger partial charge < -0.3 is 14.7 Å². The number of anilines is 1. The smallest absolute Gasteiger partial charge is 0.214 e. The van der Waals surface area contributed by atoms with Crippen molar-refractivity contribution in [2.75, 3.05) is 30.3 Å². The molecule has 0 saturated carbocycles. The number of aromatic nitrogens is 2. The normalized spacial score (nSPS) is 18.1. The van der Waals surface area contributed by atoms with E-state index in [2.05, 4.69) is 14.3 Å². The molecule has 1 N–H and O–H groups in total. The Hall–Kier alpha value is -2.53. The Morgan fingerprint density at radius 1 is 1.12 bits per heavy atom. The van der Waals surface area contributed by atoms with Gasteiger partial charge in [-0.1, -0.05) is 43.7 Å². The first kappa shape index (κ1) is 24.6. The van der Waals surface area contributed by atoms with Crippen molar-refractivity contribution >= 4 is 26.7 Å². The van der Waals surface area contributed by atoms with Crippen molar-refractivity contribution in [3.05, 3.63) is 66.0 Å². The minimum atomic E-state index is -3.23. The standard InChI is InChI=1S/C24H30N4O4S2/c1-3-4-16-34(30,31)27-14-15-28(18(2)17-27)24-25-23(26-33-24)22(29)19-10-12-21(13-11-19)32-20-8-6-5-7-9-20/h5-13,18,22,29H,3-4,14-17H2,1-2H3. The van der Waals surface area contributed by atoms with Gasteiger partial charge in [-0.05, 0) is 43.2 Å². The molecule has 1 saturated heterocycles. The van der Waals surface area contributed by atoms with Crippen molar-refractivity contribution in [2.24, 2.45) is 0 Å². The number of sulfonamides is 1. The molecule has 0 amide bonds. The van der Waals surface area contributed by atoms with Gasteiger partial charge in [0, 0.05) is 37.2 Å². The Labute approximate surface area is 205 Å². The average Bonchev–Trinajstić information content (AvgIpc) is 3.33. The summed E-state index contributed by atoms with van der Waals surface area (Å²) in [5.41, 5.74) is 0.671. The Morgan fingerprint density at radius 2 is 1.82 bits per heavy atom. The number of hydrogen-bond acceptors (Lipinski definition) is 8. The van der Waals surface area contributed by atoms with Gasteiger partial charge in [0.1, 0.15) is 17.6 Å². The highest BCUT2D eigenvalue weighted by molar-refractivity contribution is 7.89. The zero-order valence-corrected chi connectivity index (χ0v) is 21.0. The van der Waals surface area contributed by atoms with Gasteiger partial charge in [0.05, 0.1) is 5.75 Å². The number of rotatable bonds is 9. The fraction of sp³-hybridized carbons (Fsp3) is 0.417. The van der Waals surface area contributed by atoms with E-state index in [0.717, 1.165) is 12.2 Å². The molecule has 4 rings (SSSR count). The summed E-state index contributed by atoms with van der Waals surface area (Å²) < 4.78 is 36.9. The van der Waals surface area contributed by atoms with Gasteiger partial charge in [-0.2, -0.15) is 8.68 Å². The lowest BCUT2D eigenvalue weighted by Crippen LogP contribution is -2.54. The predicted octanol–water partition coefficient (Wildman–Crippen LogP) is 4.05. The summed E-state index contributed by atoms with van der Waals surface area (Å²) in [6, 6.07) is 16.7. The molecule has 0 bridgehead atoms. The fourth-order valence-electron chi connectivity index (χ4n) is 3.86. The van der Waals surface area contributed by atoms with Gasteiger partial charge >= 0.3 is 0 Å². The molecule has 0 radical (unpaired) electrons. The van der Waals surface area contributed by atoms with Crippen LogP contribution in [0, 0.1) is 0 Å². The highest BCUT2D eigenvalue weighted by atomic mass is 32.2. The summed E-state index contributed by atoms with van der Waals surface area (Å²) in [6.07, 6.45) is 0.572. The minimum absolute atomic E-state index is 0.0301. The lowest BCUT2D eigenvalue weighted by atomic mass is 10.1. The largest absolute Gasteiger partial charge is 0.457 e. The number of ether oxygens (including phenoxy) is 1. The molecule has 3 aromatic rings. The molecule has 0 spiro atoms. The van der Waals surface area contributed by atoms with E-state index in [1.165, 1.54) is 11.5 Å². The van der Waals surface area contributed by atoms with Crippen LogP contribution in [0.1, 0.15) is 44.2 Å². The van der Waals surface area contributed by atoms with Crippen molar-refractivity contribution in [2.45, 2.75) is 38.8 Å². The van der Waals surface area contributed by atoms with E-state index in [1.807, 2.05) is 44.2 Å². The molecule has 1 aliphatic heterocycles. The molecular formula is C24H30N4O4S2. The monoisotopic (exact) mass is 502 g/mol. The van der Waals surface area contributed by atoms with Crippen molar-refractivity contribution in [3.8, 4) is 11.5 Å². The van der Waals surface area contributed by atoms with Crippen LogP contribution >= 0.6 is 11.5 Å². The summed E-state index contributed by atoms with van der Waals surface area (Å²) in [5.74, 6) is 1.95. The summed E-state index contributed by atoms with van der Waals surface area (Å²) >= 11 is 1.22. The Bertz CT molecular complexity index is 1170. The zero-order chi connectivity index (χ0) is 24.1. The predicted molar refractivity (Wildman–Crippen MR) is 134 cm³/mol. The number of nitrogens with zero attached hydrogens (tertiary/aromatic N) is 4. The van der Waals surface area contributed by atoms with Gasteiger partial charge in [-0.3, -0.25) is 0 Å². The van der Waals surface area contributed by atoms with E-state index in [-0.39, 0.29) is 11.8 Å². The lowest BCUT2D eigenvalue weighted by Gasteiger charge is -2.38. The topological polar surface area (TPSA) is 95.9 Å². The molecule has 1 fully saturated rings. The van der Waals surface area contributed by atoms with Gasteiger partial charge in [0.25, 0.3) is 0 Å². The van der Waals surface area contributed by atoms with Crippen LogP contribution in [0.2, 0.25) is 0 Å². The van der Waals surface area contributed by atoms with E-state index in [1.54, 1.807) is 28.6 Å². The second-order valence-corrected chi connectivity index (χ2v) is 11.2. The van der Waals surface area contributed by atoms with Crippen LogP contribution in [0.5, 0.6) is 11.5 Å². The maximum absolute atomic E-state index is 12.5. The van der Waals surface area contributed by atoms with Crippen LogP contribution in [-0.2, 0) is 10.0 Å². The first-order valence-electron chi connectivity index (χ1n) is 11.5. The summed E-state index contributed by atoms with van der Waals surface area (Å²) in [7, 11) is -3.23. The zero-order valence-electron chi connectivity index (χ0n) is 19.4. The number of benzene rings is 2. The number of hydrogen-bond donors (Lipinski definition) is 1. The highest BCUT2D eigenvalue weighted by Crippen LogP contribution is 2.29. The summed E-state index contributed by atoms with van der Waals surface area (Å²) in [5, 5.41) is 11.5. The number of piperazine rings is 1. The van der Waals surface area contributed by atoms with E-state index in [9.17, 15) is 13.5 Å². The van der Waals surface area contributed by atoms with Crippen molar-refractivity contribution in [1.29, 1.82) is 0 Å². The SMILES string of the molecule is CCCCS(=O)(=O)N1CCN(c2nc(C(O)c3ccc(Oc4ccccc4)cc3)ns2)C(C)C1. The molecular weight excluding hydrogens is 472 g/mol. The quantitative estimate of drug-likeness (QED) is 0.471. The fourth-order valence-corrected chi connectivity index (χ4v) is 6.40. The van der Waals surface area contributed by atoms with Crippen LogP contribution in [0.4, 0.5) is 5.13 Å². The molecule has 2 unspecified atom stereocenters. The van der Waals surface area contributed by atoms with Crippen LogP contribution in [0.3, 0.4) is 0 Å². The van der Waals surface area contributed by atoms with Crippen LogP contribution < -0.4 is 9.64 Å². The third-order valence-electron chi connectivity index (χ3n) is 5.84. The maximum Gasteiger partial charge on any atom is 0.214 e. The summed E-state index contributed by atoms with van der Waals surface area (Å²) in [4.78, 5) is 6.64. The van der Waals surface area contributed by atoms with Crippen LogP contribution in [-0.4, -0.2) is 58.6 Å². The third kappa shape index (κ3) is 5.75. The Balaban J connectivity index is 1.39. The van der Waals surface area contributed by atoms with Gasteiger partial charge in [-0.15, -0.1) is 0 Å². The molecule has 2 aromatic carbocycles.